The summed E-state index contributed by atoms with van der Waals surface area (Å²) in [5, 5.41) is 3.09. The molecular formula is C38H34N2O5. The molecule has 7 heteroatoms. The van der Waals surface area contributed by atoms with Gasteiger partial charge in [0, 0.05) is 22.5 Å². The first-order valence-electron chi connectivity index (χ1n) is 15.1. The lowest BCUT2D eigenvalue weighted by molar-refractivity contribution is -0.121. The zero-order chi connectivity index (χ0) is 31.6. The molecule has 3 heterocycles. The molecule has 1 spiro atoms. The number of aryl methyl sites for hydroxylation is 2. The summed E-state index contributed by atoms with van der Waals surface area (Å²) in [5.41, 5.74) is 5.52. The van der Waals surface area contributed by atoms with E-state index in [-0.39, 0.29) is 23.0 Å². The Morgan fingerprint density at radius 2 is 1.56 bits per heavy atom. The van der Waals surface area contributed by atoms with Gasteiger partial charge in [-0.25, -0.2) is 0 Å². The standard InChI is InChI=1S/C38H34N2O5/c1-21-10-13-24(14-11-21)35(41)34-33(36(42)27-20-25(44-4)15-17-31(27)45-5)38(28-8-6-7-9-29(28)39-37(38)43)32-19-23(3)26-18-22(2)12-16-30(26)40(32)34/h6-20,32-34H,1-5H3,(H,39,43)/t32-,33+,34-,38-/m1/s1. The molecule has 0 aliphatic carbocycles. The van der Waals surface area contributed by atoms with Crippen molar-refractivity contribution in [2.75, 3.05) is 24.4 Å². The van der Waals surface area contributed by atoms with Crippen LogP contribution in [0.1, 0.15) is 49.9 Å². The molecule has 0 aromatic heterocycles. The van der Waals surface area contributed by atoms with Gasteiger partial charge in [0.2, 0.25) is 5.91 Å². The van der Waals surface area contributed by atoms with Crippen LogP contribution in [0.15, 0.2) is 91.0 Å². The molecule has 1 amide bonds. The van der Waals surface area contributed by atoms with Gasteiger partial charge in [0.25, 0.3) is 0 Å². The average Bonchev–Trinajstić information content (AvgIpc) is 3.52. The molecule has 0 radical (unpaired) electrons. The Kier molecular flexibility index (Phi) is 6.66. The highest BCUT2D eigenvalue weighted by atomic mass is 16.5. The molecule has 226 valence electrons. The predicted octanol–water partition coefficient (Wildman–Crippen LogP) is 6.57. The van der Waals surface area contributed by atoms with Crippen molar-refractivity contribution in [3.63, 3.8) is 0 Å². The van der Waals surface area contributed by atoms with Crippen LogP contribution in [0, 0.1) is 19.8 Å². The van der Waals surface area contributed by atoms with Crippen molar-refractivity contribution in [3.05, 3.63) is 124 Å². The second-order valence-corrected chi connectivity index (χ2v) is 12.2. The minimum atomic E-state index is -1.42. The van der Waals surface area contributed by atoms with Crippen LogP contribution in [-0.4, -0.2) is 43.8 Å². The van der Waals surface area contributed by atoms with Crippen LogP contribution < -0.4 is 19.7 Å². The van der Waals surface area contributed by atoms with Gasteiger partial charge in [-0.3, -0.25) is 14.4 Å². The molecule has 3 aliphatic heterocycles. The summed E-state index contributed by atoms with van der Waals surface area (Å²) >= 11 is 0. The van der Waals surface area contributed by atoms with Gasteiger partial charge in [0.15, 0.2) is 11.6 Å². The normalized spacial score (nSPS) is 22.7. The number of Topliss-reactive ketones (excluding diaryl/α,β-unsaturated/α-hetero) is 2. The Bertz CT molecular complexity index is 1930. The Hall–Kier alpha value is -5.17. The van der Waals surface area contributed by atoms with Crippen molar-refractivity contribution in [3.8, 4) is 11.5 Å². The molecule has 3 aliphatic rings. The smallest absolute Gasteiger partial charge is 0.238 e. The Labute approximate surface area is 262 Å². The van der Waals surface area contributed by atoms with Crippen molar-refractivity contribution < 1.29 is 23.9 Å². The second-order valence-electron chi connectivity index (χ2n) is 12.2. The van der Waals surface area contributed by atoms with Crippen LogP contribution in [0.3, 0.4) is 0 Å². The number of ether oxygens (including phenoxy) is 2. The number of carbonyl (C=O) groups excluding carboxylic acids is 3. The lowest BCUT2D eigenvalue weighted by Crippen LogP contribution is -2.51. The number of amides is 1. The van der Waals surface area contributed by atoms with Crippen molar-refractivity contribution >= 4 is 34.4 Å². The number of hydrogen-bond acceptors (Lipinski definition) is 6. The fraction of sp³-hybridized carbons (Fsp3) is 0.237. The van der Waals surface area contributed by atoms with Crippen molar-refractivity contribution in [2.24, 2.45) is 5.92 Å². The van der Waals surface area contributed by atoms with E-state index in [9.17, 15) is 9.59 Å². The van der Waals surface area contributed by atoms with Crippen LogP contribution in [0.4, 0.5) is 11.4 Å². The largest absolute Gasteiger partial charge is 0.497 e. The molecule has 0 saturated carbocycles. The zero-order valence-corrected chi connectivity index (χ0v) is 25.9. The van der Waals surface area contributed by atoms with Crippen molar-refractivity contribution in [2.45, 2.75) is 38.3 Å². The third-order valence-electron chi connectivity index (χ3n) is 9.69. The topological polar surface area (TPSA) is 84.9 Å². The third-order valence-corrected chi connectivity index (χ3v) is 9.69. The van der Waals surface area contributed by atoms with Crippen molar-refractivity contribution in [1.29, 1.82) is 0 Å². The molecule has 4 aromatic carbocycles. The van der Waals surface area contributed by atoms with Crippen molar-refractivity contribution in [1.82, 2.24) is 0 Å². The molecule has 0 bridgehead atoms. The summed E-state index contributed by atoms with van der Waals surface area (Å²) < 4.78 is 11.2. The maximum absolute atomic E-state index is 15.3. The monoisotopic (exact) mass is 598 g/mol. The summed E-state index contributed by atoms with van der Waals surface area (Å²) in [6, 6.07) is 24.4. The van der Waals surface area contributed by atoms with Gasteiger partial charge in [-0.1, -0.05) is 65.7 Å². The van der Waals surface area contributed by atoms with Gasteiger partial charge >= 0.3 is 0 Å². The second kappa shape index (κ2) is 10.5. The number of rotatable bonds is 6. The number of fused-ring (bicyclic) bond motifs is 6. The SMILES string of the molecule is COc1ccc(OC)c(C(=O)[C@@H]2[C@H](C(=O)c3ccc(C)cc3)N3c4ccc(C)cc4C(C)=C[C@@H]3[C@@]23C(=O)Nc2ccccc23)c1. The van der Waals surface area contributed by atoms with E-state index >= 15 is 4.79 Å². The van der Waals surface area contributed by atoms with E-state index in [1.807, 2.05) is 74.2 Å². The summed E-state index contributed by atoms with van der Waals surface area (Å²) in [4.78, 5) is 46.9. The lowest BCUT2D eigenvalue weighted by atomic mass is 9.63. The van der Waals surface area contributed by atoms with E-state index in [4.69, 9.17) is 9.47 Å². The molecule has 4 atom stereocenters. The van der Waals surface area contributed by atoms with Crippen LogP contribution >= 0.6 is 0 Å². The number of para-hydroxylation sites is 1. The molecule has 4 aromatic rings. The van der Waals surface area contributed by atoms with E-state index < -0.39 is 23.4 Å². The number of nitrogens with one attached hydrogen (secondary N) is 1. The van der Waals surface area contributed by atoms with Crippen LogP contribution in [0.25, 0.3) is 5.57 Å². The molecule has 7 nitrogen and oxygen atoms in total. The Balaban J connectivity index is 1.57. The highest BCUT2D eigenvalue weighted by Crippen LogP contribution is 2.59. The number of nitrogens with zero attached hydrogens (tertiary/aromatic N) is 1. The maximum atomic E-state index is 15.3. The van der Waals surface area contributed by atoms with Gasteiger partial charge in [-0.2, -0.15) is 0 Å². The van der Waals surface area contributed by atoms with E-state index in [0.29, 0.717) is 28.3 Å². The summed E-state index contributed by atoms with van der Waals surface area (Å²) in [6.07, 6.45) is 2.06. The van der Waals surface area contributed by atoms with Crippen LogP contribution in [0.5, 0.6) is 11.5 Å². The first-order valence-corrected chi connectivity index (χ1v) is 15.1. The van der Waals surface area contributed by atoms with Gasteiger partial charge in [-0.15, -0.1) is 0 Å². The fourth-order valence-electron chi connectivity index (χ4n) is 7.61. The summed E-state index contributed by atoms with van der Waals surface area (Å²) in [5.74, 6) is -1.20. The number of ketones is 2. The fourth-order valence-corrected chi connectivity index (χ4v) is 7.61. The zero-order valence-electron chi connectivity index (χ0n) is 25.9. The predicted molar refractivity (Wildman–Crippen MR) is 175 cm³/mol. The van der Waals surface area contributed by atoms with Gasteiger partial charge in [0.05, 0.1) is 31.7 Å². The Morgan fingerprint density at radius 1 is 0.822 bits per heavy atom. The number of methoxy groups -OCH3 is 2. The molecule has 45 heavy (non-hydrogen) atoms. The van der Waals surface area contributed by atoms with Gasteiger partial charge in [-0.05, 0) is 68.3 Å². The number of anilines is 2. The van der Waals surface area contributed by atoms with Crippen LogP contribution in [-0.2, 0) is 10.2 Å². The number of carbonyl (C=O) groups is 3. The van der Waals surface area contributed by atoms with E-state index in [1.165, 1.54) is 14.2 Å². The lowest BCUT2D eigenvalue weighted by Gasteiger charge is -2.39. The number of hydrogen-bond donors (Lipinski definition) is 1. The van der Waals surface area contributed by atoms with E-state index in [1.54, 1.807) is 30.3 Å². The quantitative estimate of drug-likeness (QED) is 0.253. The first-order chi connectivity index (χ1) is 21.7. The highest BCUT2D eigenvalue weighted by Gasteiger charge is 2.70. The third kappa shape index (κ3) is 4.06. The molecular weight excluding hydrogens is 564 g/mol. The molecule has 1 saturated heterocycles. The first kappa shape index (κ1) is 28.6. The molecule has 7 rings (SSSR count). The van der Waals surface area contributed by atoms with E-state index in [0.717, 1.165) is 28.0 Å². The average molecular weight is 599 g/mol. The Morgan fingerprint density at radius 3 is 2.29 bits per heavy atom. The number of benzene rings is 4. The summed E-state index contributed by atoms with van der Waals surface area (Å²) in [6.45, 7) is 6.02. The molecule has 1 fully saturated rings. The van der Waals surface area contributed by atoms with Gasteiger partial charge in [0.1, 0.15) is 23.0 Å². The van der Waals surface area contributed by atoms with Crippen LogP contribution in [0.2, 0.25) is 0 Å². The minimum absolute atomic E-state index is 0.228. The minimum Gasteiger partial charge on any atom is -0.497 e. The summed E-state index contributed by atoms with van der Waals surface area (Å²) in [7, 11) is 3.04. The highest BCUT2D eigenvalue weighted by molar-refractivity contribution is 6.19. The number of allylic oxidation sites excluding steroid dienone is 1. The van der Waals surface area contributed by atoms with Gasteiger partial charge < -0.3 is 19.7 Å². The molecule has 1 N–H and O–H groups in total. The maximum Gasteiger partial charge on any atom is 0.238 e. The molecule has 0 unspecified atom stereocenters. The van der Waals surface area contributed by atoms with E-state index in [2.05, 4.69) is 17.5 Å².